The molecule has 0 aromatic carbocycles. The van der Waals surface area contributed by atoms with E-state index >= 15 is 0 Å². The Bertz CT molecular complexity index is 132. The number of hydrogen-bond acceptors (Lipinski definition) is 2. The zero-order valence-corrected chi connectivity index (χ0v) is 7.29. The molecule has 0 saturated heterocycles. The summed E-state index contributed by atoms with van der Waals surface area (Å²) in [6, 6.07) is 0. The Kier molecular flexibility index (Phi) is 3.40. The van der Waals surface area contributed by atoms with Crippen molar-refractivity contribution in [2.24, 2.45) is 22.8 Å². The van der Waals surface area contributed by atoms with Gasteiger partial charge in [0.1, 0.15) is 0 Å². The lowest BCUT2D eigenvalue weighted by atomic mass is 9.81. The molecule has 0 amide bonds. The van der Waals surface area contributed by atoms with Crippen molar-refractivity contribution in [2.75, 3.05) is 0 Å². The average Bonchev–Trinajstić information content (AvgIpc) is 2.06. The summed E-state index contributed by atoms with van der Waals surface area (Å²) in [5, 5.41) is 3.60. The number of nitrogens with two attached hydrogens (primary N) is 1. The van der Waals surface area contributed by atoms with Crippen LogP contribution in [0.25, 0.3) is 0 Å². The van der Waals surface area contributed by atoms with Crippen molar-refractivity contribution in [3.63, 3.8) is 0 Å². The summed E-state index contributed by atoms with van der Waals surface area (Å²) in [7, 11) is 0. The van der Waals surface area contributed by atoms with Crippen LogP contribution in [0.5, 0.6) is 0 Å². The van der Waals surface area contributed by atoms with Crippen molar-refractivity contribution in [1.29, 1.82) is 0 Å². The first-order chi connectivity index (χ1) is 5.36. The third kappa shape index (κ3) is 2.52. The molecule has 0 radical (unpaired) electrons. The molecule has 2 N–H and O–H groups in total. The zero-order chi connectivity index (χ0) is 8.10. The molecule has 0 aromatic rings. The molecule has 1 aliphatic rings. The van der Waals surface area contributed by atoms with E-state index in [1.165, 1.54) is 32.1 Å². The van der Waals surface area contributed by atoms with Crippen LogP contribution in [-0.2, 0) is 0 Å². The molecule has 2 atom stereocenters. The van der Waals surface area contributed by atoms with Crippen molar-refractivity contribution >= 4 is 6.21 Å². The minimum Gasteiger partial charge on any atom is -0.324 e. The molecular weight excluding hydrogens is 136 g/mol. The van der Waals surface area contributed by atoms with Crippen molar-refractivity contribution in [3.05, 3.63) is 0 Å². The maximum absolute atomic E-state index is 5.12. The highest BCUT2D eigenvalue weighted by molar-refractivity contribution is 5.60. The molecule has 1 aliphatic carbocycles. The normalized spacial score (nSPS) is 32.8. The molecule has 2 heteroatoms. The Morgan fingerprint density at radius 2 is 2.36 bits per heavy atom. The van der Waals surface area contributed by atoms with Crippen LogP contribution in [0.4, 0.5) is 0 Å². The third-order valence-corrected chi connectivity index (χ3v) is 2.70. The van der Waals surface area contributed by atoms with Gasteiger partial charge in [0, 0.05) is 6.21 Å². The van der Waals surface area contributed by atoms with E-state index in [1.54, 1.807) is 0 Å². The molecule has 1 saturated carbocycles. The monoisotopic (exact) mass is 154 g/mol. The molecule has 11 heavy (non-hydrogen) atoms. The van der Waals surface area contributed by atoms with Crippen molar-refractivity contribution in [3.8, 4) is 0 Å². The molecule has 2 unspecified atom stereocenters. The van der Waals surface area contributed by atoms with Gasteiger partial charge < -0.3 is 5.84 Å². The van der Waals surface area contributed by atoms with Crippen molar-refractivity contribution < 1.29 is 0 Å². The van der Waals surface area contributed by atoms with E-state index in [0.29, 0.717) is 5.92 Å². The van der Waals surface area contributed by atoms with Gasteiger partial charge in [-0.1, -0.05) is 26.2 Å². The number of hydrazone groups is 1. The summed E-state index contributed by atoms with van der Waals surface area (Å²) in [5.74, 6) is 6.70. The van der Waals surface area contributed by atoms with Crippen LogP contribution in [0.3, 0.4) is 0 Å². The quantitative estimate of drug-likeness (QED) is 0.369. The lowest BCUT2D eigenvalue weighted by molar-refractivity contribution is 0.313. The fraction of sp³-hybridized carbons (Fsp3) is 0.889. The van der Waals surface area contributed by atoms with Crippen LogP contribution < -0.4 is 5.84 Å². The maximum Gasteiger partial charge on any atom is 0.0271 e. The van der Waals surface area contributed by atoms with Crippen LogP contribution >= 0.6 is 0 Å². The van der Waals surface area contributed by atoms with E-state index in [-0.39, 0.29) is 0 Å². The second-order valence-electron chi connectivity index (χ2n) is 3.50. The van der Waals surface area contributed by atoms with Gasteiger partial charge in [-0.2, -0.15) is 5.10 Å². The predicted molar refractivity (Wildman–Crippen MR) is 48.4 cm³/mol. The topological polar surface area (TPSA) is 38.4 Å². The standard InChI is InChI=1S/C9H18N2/c1-2-8-4-3-5-9(6-8)7-11-10/h7-9H,2-6,10H2,1H3/b11-7+. The fourth-order valence-corrected chi connectivity index (χ4v) is 1.96. The Labute approximate surface area is 68.9 Å². The molecule has 0 spiro atoms. The van der Waals surface area contributed by atoms with Gasteiger partial charge in [0.15, 0.2) is 0 Å². The van der Waals surface area contributed by atoms with E-state index in [0.717, 1.165) is 5.92 Å². The van der Waals surface area contributed by atoms with E-state index in [4.69, 9.17) is 5.84 Å². The van der Waals surface area contributed by atoms with Crippen LogP contribution in [0, 0.1) is 11.8 Å². The lowest BCUT2D eigenvalue weighted by Crippen LogP contribution is -2.16. The van der Waals surface area contributed by atoms with Crippen LogP contribution in [0.2, 0.25) is 0 Å². The first-order valence-corrected chi connectivity index (χ1v) is 4.60. The van der Waals surface area contributed by atoms with Gasteiger partial charge in [0.25, 0.3) is 0 Å². The minimum absolute atomic E-state index is 0.665. The molecule has 64 valence electrons. The van der Waals surface area contributed by atoms with E-state index in [2.05, 4.69) is 12.0 Å². The van der Waals surface area contributed by atoms with Crippen LogP contribution in [-0.4, -0.2) is 6.21 Å². The molecule has 0 bridgehead atoms. The predicted octanol–water partition coefficient (Wildman–Crippen LogP) is 2.15. The Morgan fingerprint density at radius 1 is 1.55 bits per heavy atom. The fourth-order valence-electron chi connectivity index (χ4n) is 1.96. The SMILES string of the molecule is CCC1CCCC(/C=N/N)C1. The molecule has 1 fully saturated rings. The smallest absolute Gasteiger partial charge is 0.0271 e. The average molecular weight is 154 g/mol. The van der Waals surface area contributed by atoms with Gasteiger partial charge in [-0.15, -0.1) is 0 Å². The van der Waals surface area contributed by atoms with Crippen molar-refractivity contribution in [2.45, 2.75) is 39.0 Å². The van der Waals surface area contributed by atoms with Gasteiger partial charge >= 0.3 is 0 Å². The summed E-state index contributed by atoms with van der Waals surface area (Å²) >= 11 is 0. The largest absolute Gasteiger partial charge is 0.324 e. The molecule has 2 nitrogen and oxygen atoms in total. The van der Waals surface area contributed by atoms with Gasteiger partial charge in [-0.3, -0.25) is 0 Å². The maximum atomic E-state index is 5.12. The summed E-state index contributed by atoms with van der Waals surface area (Å²) in [6.07, 6.45) is 8.59. The Balaban J connectivity index is 2.33. The van der Waals surface area contributed by atoms with Gasteiger partial charge in [0.2, 0.25) is 0 Å². The second kappa shape index (κ2) is 4.37. The molecular formula is C9H18N2. The van der Waals surface area contributed by atoms with Crippen molar-refractivity contribution in [1.82, 2.24) is 0 Å². The van der Waals surface area contributed by atoms with Gasteiger partial charge in [-0.25, -0.2) is 0 Å². The second-order valence-corrected chi connectivity index (χ2v) is 3.50. The lowest BCUT2D eigenvalue weighted by Gasteiger charge is -2.25. The molecule has 1 rings (SSSR count). The van der Waals surface area contributed by atoms with Gasteiger partial charge in [-0.05, 0) is 24.7 Å². The summed E-state index contributed by atoms with van der Waals surface area (Å²) in [6.45, 7) is 2.27. The van der Waals surface area contributed by atoms with E-state index < -0.39 is 0 Å². The number of hydrogen-bond donors (Lipinski definition) is 1. The number of rotatable bonds is 2. The number of nitrogens with zero attached hydrogens (tertiary/aromatic N) is 1. The molecule has 0 aromatic heterocycles. The van der Waals surface area contributed by atoms with Gasteiger partial charge in [0.05, 0.1) is 0 Å². The molecule has 0 heterocycles. The summed E-state index contributed by atoms with van der Waals surface area (Å²) < 4.78 is 0. The third-order valence-electron chi connectivity index (χ3n) is 2.70. The highest BCUT2D eigenvalue weighted by atomic mass is 15.1. The van der Waals surface area contributed by atoms with E-state index in [1.807, 2.05) is 6.21 Å². The Hall–Kier alpha value is -0.530. The summed E-state index contributed by atoms with van der Waals surface area (Å²) in [4.78, 5) is 0. The van der Waals surface area contributed by atoms with Crippen LogP contribution in [0.1, 0.15) is 39.0 Å². The minimum atomic E-state index is 0.665. The Morgan fingerprint density at radius 3 is 3.00 bits per heavy atom. The summed E-state index contributed by atoms with van der Waals surface area (Å²) in [5.41, 5.74) is 0. The zero-order valence-electron chi connectivity index (χ0n) is 7.29. The first kappa shape index (κ1) is 8.57. The molecule has 0 aliphatic heterocycles. The highest BCUT2D eigenvalue weighted by Gasteiger charge is 2.18. The van der Waals surface area contributed by atoms with E-state index in [9.17, 15) is 0 Å². The highest BCUT2D eigenvalue weighted by Crippen LogP contribution is 2.29. The van der Waals surface area contributed by atoms with Crippen LogP contribution in [0.15, 0.2) is 5.10 Å². The first-order valence-electron chi connectivity index (χ1n) is 4.60.